The van der Waals surface area contributed by atoms with E-state index in [1.165, 1.54) is 6.07 Å². The molecule has 17 heavy (non-hydrogen) atoms. The van der Waals surface area contributed by atoms with Gasteiger partial charge in [0.15, 0.2) is 11.7 Å². The lowest BCUT2D eigenvalue weighted by atomic mass is 10.4. The summed E-state index contributed by atoms with van der Waals surface area (Å²) in [5.41, 5.74) is 10.7. The number of halogens is 1. The van der Waals surface area contributed by atoms with Crippen molar-refractivity contribution in [3.8, 4) is 0 Å². The van der Waals surface area contributed by atoms with Gasteiger partial charge in [0.1, 0.15) is 12.3 Å². The third-order valence-corrected chi connectivity index (χ3v) is 2.24. The third-order valence-electron chi connectivity index (χ3n) is 2.24. The van der Waals surface area contributed by atoms with Crippen LogP contribution in [0.5, 0.6) is 0 Å². The average Bonchev–Trinajstić information content (AvgIpc) is 2.91. The summed E-state index contributed by atoms with van der Waals surface area (Å²) in [6, 6.07) is 3.66. The van der Waals surface area contributed by atoms with Gasteiger partial charge in [0.05, 0.1) is 0 Å². The molecule has 5 N–H and O–H groups in total. The van der Waals surface area contributed by atoms with Crippen LogP contribution in [0.4, 0.5) is 0 Å². The summed E-state index contributed by atoms with van der Waals surface area (Å²) < 4.78 is 5.15. The zero-order chi connectivity index (χ0) is 11.5. The Balaban J connectivity index is 0.00000144. The Morgan fingerprint density at radius 1 is 1.47 bits per heavy atom. The fraction of sp³-hybridized carbons (Fsp3) is 0.400. The summed E-state index contributed by atoms with van der Waals surface area (Å²) in [4.78, 5) is 14.8. The maximum absolute atomic E-state index is 10.8. The predicted molar refractivity (Wildman–Crippen MR) is 74.1 cm³/mol. The molecule has 0 saturated heterocycles. The second-order valence-electron chi connectivity index (χ2n) is 3.75. The van der Waals surface area contributed by atoms with Crippen molar-refractivity contribution in [2.24, 2.45) is 16.5 Å². The van der Waals surface area contributed by atoms with Crippen LogP contribution in [-0.2, 0) is 6.54 Å². The minimum absolute atomic E-state index is 0. The smallest absolute Gasteiger partial charge is 0.284 e. The number of aliphatic imine (C=N–C) groups is 1. The molecule has 0 bridgehead atoms. The number of carbonyl (C=O) groups is 1. The number of primary amides is 1. The Morgan fingerprint density at radius 3 is 2.71 bits per heavy atom. The molecule has 1 aromatic heterocycles. The highest BCUT2D eigenvalue weighted by atomic mass is 127. The number of hydrogen-bond acceptors (Lipinski definition) is 3. The molecule has 0 spiro atoms. The summed E-state index contributed by atoms with van der Waals surface area (Å²) in [6.07, 6.45) is 2.28. The normalized spacial score (nSPS) is 15.2. The van der Waals surface area contributed by atoms with Crippen molar-refractivity contribution in [3.05, 3.63) is 23.7 Å². The van der Waals surface area contributed by atoms with Crippen LogP contribution in [0.3, 0.4) is 0 Å². The SMILES string of the molecule is I.NC(=O)c1ccc(CN=C(N)NC2CC2)o1. The molecule has 1 amide bonds. The summed E-state index contributed by atoms with van der Waals surface area (Å²) in [5, 5.41) is 3.05. The van der Waals surface area contributed by atoms with E-state index in [9.17, 15) is 4.79 Å². The topological polar surface area (TPSA) is 107 Å². The summed E-state index contributed by atoms with van der Waals surface area (Å²) in [6.45, 7) is 0.304. The minimum Gasteiger partial charge on any atom is -0.454 e. The highest BCUT2D eigenvalue weighted by Crippen LogP contribution is 2.18. The second kappa shape index (κ2) is 5.89. The van der Waals surface area contributed by atoms with E-state index < -0.39 is 5.91 Å². The van der Waals surface area contributed by atoms with Crippen LogP contribution in [0, 0.1) is 0 Å². The van der Waals surface area contributed by atoms with E-state index in [0.717, 1.165) is 12.8 Å². The number of carbonyl (C=O) groups excluding carboxylic acids is 1. The molecule has 6 nitrogen and oxygen atoms in total. The summed E-state index contributed by atoms with van der Waals surface area (Å²) >= 11 is 0. The third kappa shape index (κ3) is 4.25. The molecule has 7 heteroatoms. The monoisotopic (exact) mass is 350 g/mol. The molecule has 94 valence electrons. The number of nitrogens with one attached hydrogen (secondary N) is 1. The molecule has 1 saturated carbocycles. The summed E-state index contributed by atoms with van der Waals surface area (Å²) in [7, 11) is 0. The van der Waals surface area contributed by atoms with Crippen molar-refractivity contribution >= 4 is 35.8 Å². The number of nitrogens with two attached hydrogens (primary N) is 2. The highest BCUT2D eigenvalue weighted by molar-refractivity contribution is 14.0. The van der Waals surface area contributed by atoms with Gasteiger partial charge in [-0.2, -0.15) is 0 Å². The van der Waals surface area contributed by atoms with Crippen molar-refractivity contribution in [3.63, 3.8) is 0 Å². The van der Waals surface area contributed by atoms with Gasteiger partial charge in [-0.15, -0.1) is 24.0 Å². The number of guanidine groups is 1. The Bertz CT molecular complexity index is 426. The molecule has 0 aromatic carbocycles. The number of furan rings is 1. The molecule has 1 fully saturated rings. The Kier molecular flexibility index (Phi) is 4.79. The quantitative estimate of drug-likeness (QED) is 0.419. The number of amides is 1. The Hall–Kier alpha value is -1.25. The van der Waals surface area contributed by atoms with Crippen molar-refractivity contribution in [2.45, 2.75) is 25.4 Å². The number of nitrogens with zero attached hydrogens (tertiary/aromatic N) is 1. The van der Waals surface area contributed by atoms with Crippen molar-refractivity contribution < 1.29 is 9.21 Å². The van der Waals surface area contributed by atoms with E-state index in [-0.39, 0.29) is 29.7 Å². The Labute approximate surface area is 116 Å². The van der Waals surface area contributed by atoms with Gasteiger partial charge in [-0.05, 0) is 25.0 Å². The van der Waals surface area contributed by atoms with Gasteiger partial charge in [0.25, 0.3) is 5.91 Å². The van der Waals surface area contributed by atoms with Gasteiger partial charge in [0, 0.05) is 6.04 Å². The first-order chi connectivity index (χ1) is 7.65. The fourth-order valence-corrected chi connectivity index (χ4v) is 1.24. The van der Waals surface area contributed by atoms with E-state index >= 15 is 0 Å². The van der Waals surface area contributed by atoms with Crippen LogP contribution >= 0.6 is 24.0 Å². The first kappa shape index (κ1) is 13.8. The lowest BCUT2D eigenvalue weighted by Gasteiger charge is -2.01. The van der Waals surface area contributed by atoms with E-state index in [1.54, 1.807) is 6.07 Å². The minimum atomic E-state index is -0.584. The van der Waals surface area contributed by atoms with Gasteiger partial charge < -0.3 is 21.2 Å². The maximum Gasteiger partial charge on any atom is 0.284 e. The van der Waals surface area contributed by atoms with Crippen molar-refractivity contribution in [2.75, 3.05) is 0 Å². The predicted octanol–water partition coefficient (Wildman–Crippen LogP) is 0.563. The first-order valence-electron chi connectivity index (χ1n) is 5.10. The molecule has 0 radical (unpaired) electrons. The highest BCUT2D eigenvalue weighted by Gasteiger charge is 2.21. The van der Waals surface area contributed by atoms with Gasteiger partial charge >= 0.3 is 0 Å². The Morgan fingerprint density at radius 2 is 2.18 bits per heavy atom. The average molecular weight is 350 g/mol. The molecular formula is C10H15IN4O2. The zero-order valence-electron chi connectivity index (χ0n) is 9.18. The fourth-order valence-electron chi connectivity index (χ4n) is 1.24. The van der Waals surface area contributed by atoms with E-state index in [4.69, 9.17) is 15.9 Å². The molecule has 1 aliphatic carbocycles. The number of hydrogen-bond donors (Lipinski definition) is 3. The molecule has 1 aromatic rings. The van der Waals surface area contributed by atoms with E-state index in [1.807, 2.05) is 0 Å². The molecule has 1 heterocycles. The lowest BCUT2D eigenvalue weighted by molar-refractivity contribution is 0.0972. The van der Waals surface area contributed by atoms with Gasteiger partial charge in [-0.3, -0.25) is 4.79 Å². The molecular weight excluding hydrogens is 335 g/mol. The second-order valence-corrected chi connectivity index (χ2v) is 3.75. The van der Waals surface area contributed by atoms with Crippen molar-refractivity contribution in [1.29, 1.82) is 0 Å². The lowest BCUT2D eigenvalue weighted by Crippen LogP contribution is -2.33. The van der Waals surface area contributed by atoms with Crippen LogP contribution in [0.15, 0.2) is 21.5 Å². The standard InChI is InChI=1S/C10H14N4O2.HI/c11-9(15)8-4-3-7(16-8)5-13-10(12)14-6-1-2-6;/h3-4,6H,1-2,5H2,(H2,11,15)(H3,12,13,14);1H. The maximum atomic E-state index is 10.8. The van der Waals surface area contributed by atoms with Crippen LogP contribution < -0.4 is 16.8 Å². The van der Waals surface area contributed by atoms with Gasteiger partial charge in [-0.25, -0.2) is 4.99 Å². The molecule has 2 rings (SSSR count). The number of rotatable bonds is 4. The van der Waals surface area contributed by atoms with E-state index in [0.29, 0.717) is 24.3 Å². The van der Waals surface area contributed by atoms with Crippen LogP contribution in [0.2, 0.25) is 0 Å². The molecule has 0 unspecified atom stereocenters. The molecule has 0 aliphatic heterocycles. The summed E-state index contributed by atoms with van der Waals surface area (Å²) in [5.74, 6) is 0.520. The van der Waals surface area contributed by atoms with Crippen LogP contribution in [0.1, 0.15) is 29.2 Å². The zero-order valence-corrected chi connectivity index (χ0v) is 11.5. The van der Waals surface area contributed by atoms with Crippen molar-refractivity contribution in [1.82, 2.24) is 5.32 Å². The molecule has 1 aliphatic rings. The van der Waals surface area contributed by atoms with Gasteiger partial charge in [0.2, 0.25) is 0 Å². The van der Waals surface area contributed by atoms with Crippen LogP contribution in [0.25, 0.3) is 0 Å². The molecule has 0 atom stereocenters. The first-order valence-corrected chi connectivity index (χ1v) is 5.10. The van der Waals surface area contributed by atoms with Gasteiger partial charge in [-0.1, -0.05) is 0 Å². The largest absolute Gasteiger partial charge is 0.454 e. The van der Waals surface area contributed by atoms with Crippen LogP contribution in [-0.4, -0.2) is 17.9 Å². The van der Waals surface area contributed by atoms with E-state index in [2.05, 4.69) is 10.3 Å².